The van der Waals surface area contributed by atoms with Gasteiger partial charge in [0.15, 0.2) is 0 Å². The standard InChI is InChI=1S/C15H14N4O4S/c1-10-12(8-16)14(20)19(2)15(21)13(10)9-17-18-24(22,23)11-6-4-3-5-7-11/h3-7,9,18,21H,1-2H3. The van der Waals surface area contributed by atoms with Gasteiger partial charge in [0, 0.05) is 7.05 Å². The van der Waals surface area contributed by atoms with Crippen LogP contribution in [0, 0.1) is 18.3 Å². The third-order valence-corrected chi connectivity index (χ3v) is 4.63. The summed E-state index contributed by atoms with van der Waals surface area (Å²) in [6, 6.07) is 9.38. The van der Waals surface area contributed by atoms with Crippen LogP contribution in [0.25, 0.3) is 0 Å². The summed E-state index contributed by atoms with van der Waals surface area (Å²) in [4.78, 5) is 13.9. The molecule has 0 amide bonds. The molecule has 24 heavy (non-hydrogen) atoms. The zero-order valence-corrected chi connectivity index (χ0v) is 13.7. The molecule has 0 spiro atoms. The lowest BCUT2D eigenvalue weighted by Crippen LogP contribution is -2.23. The molecular formula is C15H14N4O4S. The van der Waals surface area contributed by atoms with E-state index in [2.05, 4.69) is 5.10 Å². The van der Waals surface area contributed by atoms with Crippen molar-refractivity contribution in [3.8, 4) is 11.9 Å². The van der Waals surface area contributed by atoms with E-state index in [-0.39, 0.29) is 21.6 Å². The average Bonchev–Trinajstić information content (AvgIpc) is 2.57. The molecule has 0 aliphatic heterocycles. The Labute approximate surface area is 138 Å². The number of benzene rings is 1. The highest BCUT2D eigenvalue weighted by molar-refractivity contribution is 7.89. The molecule has 2 aromatic rings. The Kier molecular flexibility index (Phi) is 4.71. The molecule has 0 aliphatic rings. The highest BCUT2D eigenvalue weighted by atomic mass is 32.2. The Morgan fingerprint density at radius 3 is 2.54 bits per heavy atom. The van der Waals surface area contributed by atoms with Gasteiger partial charge in [0.1, 0.15) is 11.6 Å². The second-order valence-corrected chi connectivity index (χ2v) is 6.54. The predicted molar refractivity (Wildman–Crippen MR) is 87.2 cm³/mol. The number of nitrogens with zero attached hydrogens (tertiary/aromatic N) is 3. The molecular weight excluding hydrogens is 332 g/mol. The average molecular weight is 346 g/mol. The topological polar surface area (TPSA) is 125 Å². The first kappa shape index (κ1) is 17.2. The van der Waals surface area contributed by atoms with Crippen molar-refractivity contribution in [3.05, 3.63) is 57.4 Å². The third-order valence-electron chi connectivity index (χ3n) is 3.39. The van der Waals surface area contributed by atoms with E-state index in [0.29, 0.717) is 0 Å². The summed E-state index contributed by atoms with van der Waals surface area (Å²) in [6.07, 6.45) is 1.05. The van der Waals surface area contributed by atoms with Crippen LogP contribution in [0.4, 0.5) is 0 Å². The number of hydrogen-bond acceptors (Lipinski definition) is 6. The minimum atomic E-state index is -3.85. The van der Waals surface area contributed by atoms with Crippen molar-refractivity contribution < 1.29 is 13.5 Å². The van der Waals surface area contributed by atoms with Crippen LogP contribution in [0.2, 0.25) is 0 Å². The van der Waals surface area contributed by atoms with E-state index in [1.807, 2.05) is 4.83 Å². The Balaban J connectivity index is 2.39. The number of sulfonamides is 1. The molecule has 0 saturated heterocycles. The van der Waals surface area contributed by atoms with Crippen molar-refractivity contribution in [3.63, 3.8) is 0 Å². The number of rotatable bonds is 4. The number of pyridine rings is 1. The fourth-order valence-corrected chi connectivity index (χ4v) is 2.82. The van der Waals surface area contributed by atoms with Crippen LogP contribution in [0.1, 0.15) is 16.7 Å². The van der Waals surface area contributed by atoms with Gasteiger partial charge in [-0.3, -0.25) is 9.36 Å². The summed E-state index contributed by atoms with van der Waals surface area (Å²) in [5, 5.41) is 22.7. The van der Waals surface area contributed by atoms with Gasteiger partial charge in [-0.05, 0) is 24.6 Å². The smallest absolute Gasteiger partial charge is 0.276 e. The van der Waals surface area contributed by atoms with Gasteiger partial charge in [-0.25, -0.2) is 4.83 Å². The molecule has 0 atom stereocenters. The SMILES string of the molecule is Cc1c(C=NNS(=O)(=O)c2ccccc2)c(O)n(C)c(=O)c1C#N. The van der Waals surface area contributed by atoms with Gasteiger partial charge in [-0.1, -0.05) is 18.2 Å². The molecule has 1 heterocycles. The van der Waals surface area contributed by atoms with Gasteiger partial charge in [0.05, 0.1) is 16.7 Å². The van der Waals surface area contributed by atoms with Crippen LogP contribution in [-0.4, -0.2) is 24.3 Å². The van der Waals surface area contributed by atoms with Gasteiger partial charge in [-0.2, -0.15) is 18.8 Å². The zero-order chi connectivity index (χ0) is 17.9. The van der Waals surface area contributed by atoms with Crippen LogP contribution in [-0.2, 0) is 17.1 Å². The largest absolute Gasteiger partial charge is 0.494 e. The Morgan fingerprint density at radius 2 is 1.96 bits per heavy atom. The van der Waals surface area contributed by atoms with Crippen LogP contribution < -0.4 is 10.4 Å². The van der Waals surface area contributed by atoms with Crippen molar-refractivity contribution in [2.24, 2.45) is 12.1 Å². The lowest BCUT2D eigenvalue weighted by Gasteiger charge is -2.10. The Bertz CT molecular complexity index is 1000. The summed E-state index contributed by atoms with van der Waals surface area (Å²) < 4.78 is 25.0. The number of aromatic nitrogens is 1. The second-order valence-electron chi connectivity index (χ2n) is 4.88. The maximum absolute atomic E-state index is 12.0. The molecule has 0 saturated carbocycles. The summed E-state index contributed by atoms with van der Waals surface area (Å²) in [5.74, 6) is -0.417. The molecule has 2 N–H and O–H groups in total. The number of hydrogen-bond donors (Lipinski definition) is 2. The van der Waals surface area contributed by atoms with E-state index < -0.39 is 21.5 Å². The van der Waals surface area contributed by atoms with E-state index >= 15 is 0 Å². The molecule has 124 valence electrons. The van der Waals surface area contributed by atoms with Gasteiger partial charge in [0.2, 0.25) is 5.88 Å². The minimum absolute atomic E-state index is 0.0290. The van der Waals surface area contributed by atoms with Crippen molar-refractivity contribution in [1.82, 2.24) is 9.40 Å². The van der Waals surface area contributed by atoms with Gasteiger partial charge in [-0.15, -0.1) is 0 Å². The molecule has 0 radical (unpaired) electrons. The molecule has 8 nitrogen and oxygen atoms in total. The summed E-state index contributed by atoms with van der Waals surface area (Å²) in [5.41, 5.74) is -0.512. The molecule has 0 aliphatic carbocycles. The number of nitriles is 1. The van der Waals surface area contributed by atoms with E-state index in [1.54, 1.807) is 24.3 Å². The summed E-state index contributed by atoms with van der Waals surface area (Å²) >= 11 is 0. The first-order valence-electron chi connectivity index (χ1n) is 6.72. The molecule has 1 aromatic heterocycles. The second kappa shape index (κ2) is 6.55. The monoisotopic (exact) mass is 346 g/mol. The van der Waals surface area contributed by atoms with E-state index in [1.165, 1.54) is 26.1 Å². The van der Waals surface area contributed by atoms with Gasteiger partial charge < -0.3 is 5.11 Å². The highest BCUT2D eigenvalue weighted by Crippen LogP contribution is 2.18. The maximum atomic E-state index is 12.0. The lowest BCUT2D eigenvalue weighted by atomic mass is 10.1. The van der Waals surface area contributed by atoms with Gasteiger partial charge >= 0.3 is 0 Å². The van der Waals surface area contributed by atoms with Crippen molar-refractivity contribution >= 4 is 16.2 Å². The number of nitrogens with one attached hydrogen (secondary N) is 1. The van der Waals surface area contributed by atoms with E-state index in [4.69, 9.17) is 5.26 Å². The van der Waals surface area contributed by atoms with Crippen molar-refractivity contribution in [2.75, 3.05) is 0 Å². The summed E-state index contributed by atoms with van der Waals surface area (Å²) in [6.45, 7) is 1.47. The normalized spacial score (nSPS) is 11.4. The zero-order valence-electron chi connectivity index (χ0n) is 12.9. The van der Waals surface area contributed by atoms with Crippen LogP contribution in [0.3, 0.4) is 0 Å². The fraction of sp³-hybridized carbons (Fsp3) is 0.133. The number of hydrazone groups is 1. The summed E-state index contributed by atoms with van der Waals surface area (Å²) in [7, 11) is -2.56. The quantitative estimate of drug-likeness (QED) is 0.619. The van der Waals surface area contributed by atoms with Crippen molar-refractivity contribution in [2.45, 2.75) is 11.8 Å². The molecule has 0 fully saturated rings. The van der Waals surface area contributed by atoms with Crippen LogP contribution in [0.5, 0.6) is 5.88 Å². The van der Waals surface area contributed by atoms with Crippen molar-refractivity contribution in [1.29, 1.82) is 5.26 Å². The molecule has 1 aromatic carbocycles. The highest BCUT2D eigenvalue weighted by Gasteiger charge is 2.16. The lowest BCUT2D eigenvalue weighted by molar-refractivity contribution is 0.421. The molecule has 0 bridgehead atoms. The molecule has 9 heteroatoms. The predicted octanol–water partition coefficient (Wildman–Crippen LogP) is 0.583. The van der Waals surface area contributed by atoms with E-state index in [9.17, 15) is 18.3 Å². The Morgan fingerprint density at radius 1 is 1.33 bits per heavy atom. The molecule has 0 unspecified atom stereocenters. The maximum Gasteiger partial charge on any atom is 0.276 e. The molecule has 2 rings (SSSR count). The first-order valence-corrected chi connectivity index (χ1v) is 8.20. The first-order chi connectivity index (χ1) is 11.3. The fourth-order valence-electron chi connectivity index (χ4n) is 2.01. The minimum Gasteiger partial charge on any atom is -0.494 e. The van der Waals surface area contributed by atoms with E-state index in [0.717, 1.165) is 10.8 Å². The van der Waals surface area contributed by atoms with Crippen LogP contribution in [0.15, 0.2) is 45.1 Å². The Hall–Kier alpha value is -3.12. The van der Waals surface area contributed by atoms with Gasteiger partial charge in [0.25, 0.3) is 15.6 Å². The number of aromatic hydroxyl groups is 1. The van der Waals surface area contributed by atoms with Crippen LogP contribution >= 0.6 is 0 Å². The third kappa shape index (κ3) is 3.13.